The van der Waals surface area contributed by atoms with Gasteiger partial charge in [-0.1, -0.05) is 18.2 Å². The molecule has 0 aliphatic carbocycles. The molecule has 3 rings (SSSR count). The van der Waals surface area contributed by atoms with Crippen molar-refractivity contribution in [2.75, 3.05) is 7.11 Å². The van der Waals surface area contributed by atoms with Crippen LogP contribution in [0.2, 0.25) is 0 Å². The number of urea groups is 1. The number of rotatable bonds is 6. The Morgan fingerprint density at radius 2 is 1.60 bits per heavy atom. The summed E-state index contributed by atoms with van der Waals surface area (Å²) in [6.07, 6.45) is -1.28. The molecule has 35 heavy (non-hydrogen) atoms. The molecule has 0 saturated carbocycles. The minimum atomic E-state index is -1.28. The van der Waals surface area contributed by atoms with Crippen molar-refractivity contribution in [2.24, 2.45) is 0 Å². The summed E-state index contributed by atoms with van der Waals surface area (Å²) < 4.78 is 10.5. The van der Waals surface area contributed by atoms with Crippen molar-refractivity contribution in [1.29, 1.82) is 0 Å². The molecule has 0 spiro atoms. The van der Waals surface area contributed by atoms with Crippen LogP contribution < -0.4 is 15.4 Å². The summed E-state index contributed by atoms with van der Waals surface area (Å²) in [4.78, 5) is 63.4. The SMILES string of the molecule is COc1ccc(CN2C(=O)c3ccccc3C2=O)cc1C(=O)O[C@H](C)C(=O)NC(=O)NC(C)(C)C. The van der Waals surface area contributed by atoms with Crippen molar-refractivity contribution in [3.8, 4) is 5.75 Å². The number of amides is 5. The highest BCUT2D eigenvalue weighted by Crippen LogP contribution is 2.27. The van der Waals surface area contributed by atoms with Gasteiger partial charge in [0.2, 0.25) is 0 Å². The van der Waals surface area contributed by atoms with Gasteiger partial charge in [0, 0.05) is 5.54 Å². The number of imide groups is 2. The van der Waals surface area contributed by atoms with Crippen molar-refractivity contribution in [1.82, 2.24) is 15.5 Å². The molecule has 2 N–H and O–H groups in total. The maximum absolute atomic E-state index is 12.8. The highest BCUT2D eigenvalue weighted by atomic mass is 16.5. The maximum atomic E-state index is 12.8. The van der Waals surface area contributed by atoms with Crippen LogP contribution in [-0.2, 0) is 16.1 Å². The Bertz CT molecular complexity index is 1160. The van der Waals surface area contributed by atoms with Crippen LogP contribution in [0.5, 0.6) is 5.75 Å². The van der Waals surface area contributed by atoms with E-state index in [0.29, 0.717) is 16.7 Å². The summed E-state index contributed by atoms with van der Waals surface area (Å²) in [5.74, 6) is -2.35. The van der Waals surface area contributed by atoms with Crippen molar-refractivity contribution in [3.63, 3.8) is 0 Å². The fourth-order valence-corrected chi connectivity index (χ4v) is 3.44. The smallest absolute Gasteiger partial charge is 0.342 e. The lowest BCUT2D eigenvalue weighted by atomic mass is 10.1. The number of fused-ring (bicyclic) bond motifs is 1. The fourth-order valence-electron chi connectivity index (χ4n) is 3.44. The van der Waals surface area contributed by atoms with Crippen LogP contribution in [0.25, 0.3) is 0 Å². The Labute approximate surface area is 202 Å². The number of methoxy groups -OCH3 is 1. The molecule has 1 atom stereocenters. The molecule has 2 aromatic rings. The predicted molar refractivity (Wildman–Crippen MR) is 125 cm³/mol. The van der Waals surface area contributed by atoms with Crippen molar-refractivity contribution >= 4 is 29.7 Å². The van der Waals surface area contributed by atoms with Gasteiger partial charge in [-0.05, 0) is 57.5 Å². The summed E-state index contributed by atoms with van der Waals surface area (Å²) in [7, 11) is 1.36. The maximum Gasteiger partial charge on any atom is 0.342 e. The van der Waals surface area contributed by atoms with E-state index in [2.05, 4.69) is 10.6 Å². The van der Waals surface area contributed by atoms with E-state index in [9.17, 15) is 24.0 Å². The molecule has 0 unspecified atom stereocenters. The molecule has 0 radical (unpaired) electrons. The van der Waals surface area contributed by atoms with Crippen LogP contribution in [0.3, 0.4) is 0 Å². The van der Waals surface area contributed by atoms with Crippen LogP contribution in [-0.4, -0.2) is 53.4 Å². The third kappa shape index (κ3) is 5.84. The molecular weight excluding hydrogens is 454 g/mol. The number of benzene rings is 2. The Balaban J connectivity index is 1.72. The van der Waals surface area contributed by atoms with Gasteiger partial charge >= 0.3 is 12.0 Å². The van der Waals surface area contributed by atoms with Gasteiger partial charge in [-0.3, -0.25) is 24.6 Å². The van der Waals surface area contributed by atoms with Gasteiger partial charge in [0.05, 0.1) is 24.8 Å². The van der Waals surface area contributed by atoms with E-state index < -0.39 is 41.4 Å². The monoisotopic (exact) mass is 481 g/mol. The second-order valence-electron chi connectivity index (χ2n) is 9.02. The van der Waals surface area contributed by atoms with Gasteiger partial charge in [0.25, 0.3) is 17.7 Å². The first kappa shape index (κ1) is 25.4. The van der Waals surface area contributed by atoms with Gasteiger partial charge < -0.3 is 14.8 Å². The lowest BCUT2D eigenvalue weighted by Crippen LogP contribution is -2.50. The van der Waals surface area contributed by atoms with E-state index in [4.69, 9.17) is 9.47 Å². The number of ether oxygens (including phenoxy) is 2. The highest BCUT2D eigenvalue weighted by molar-refractivity contribution is 6.21. The van der Waals surface area contributed by atoms with E-state index in [1.54, 1.807) is 51.1 Å². The van der Waals surface area contributed by atoms with E-state index in [0.717, 1.165) is 4.90 Å². The van der Waals surface area contributed by atoms with Crippen molar-refractivity contribution in [2.45, 2.75) is 45.9 Å². The highest BCUT2D eigenvalue weighted by Gasteiger charge is 2.35. The van der Waals surface area contributed by atoms with Crippen LogP contribution in [0, 0.1) is 0 Å². The Morgan fingerprint density at radius 3 is 2.14 bits per heavy atom. The normalized spacial score (nSPS) is 13.7. The van der Waals surface area contributed by atoms with Gasteiger partial charge in [-0.15, -0.1) is 0 Å². The summed E-state index contributed by atoms with van der Waals surface area (Å²) in [6, 6.07) is 10.4. The first-order valence-electron chi connectivity index (χ1n) is 10.9. The lowest BCUT2D eigenvalue weighted by Gasteiger charge is -2.21. The summed E-state index contributed by atoms with van der Waals surface area (Å²) in [5.41, 5.74) is 0.564. The molecular formula is C25H27N3O7. The van der Waals surface area contributed by atoms with Gasteiger partial charge in [0.1, 0.15) is 11.3 Å². The number of nitrogens with one attached hydrogen (secondary N) is 2. The molecule has 0 bridgehead atoms. The van der Waals surface area contributed by atoms with E-state index in [1.165, 1.54) is 26.2 Å². The first-order chi connectivity index (χ1) is 16.4. The zero-order valence-corrected chi connectivity index (χ0v) is 20.1. The van der Waals surface area contributed by atoms with Crippen LogP contribution in [0.15, 0.2) is 42.5 Å². The predicted octanol–water partition coefficient (Wildman–Crippen LogP) is 2.66. The van der Waals surface area contributed by atoms with Crippen molar-refractivity contribution in [3.05, 3.63) is 64.7 Å². The molecule has 0 fully saturated rings. The second-order valence-corrected chi connectivity index (χ2v) is 9.02. The van der Waals surface area contributed by atoms with E-state index in [1.807, 2.05) is 0 Å². The van der Waals surface area contributed by atoms with Crippen molar-refractivity contribution < 1.29 is 33.4 Å². The molecule has 2 aromatic carbocycles. The molecule has 1 heterocycles. The van der Waals surface area contributed by atoms with E-state index >= 15 is 0 Å². The number of esters is 1. The minimum Gasteiger partial charge on any atom is -0.496 e. The fraction of sp³-hybridized carbons (Fsp3) is 0.320. The summed E-state index contributed by atoms with van der Waals surface area (Å²) >= 11 is 0. The largest absolute Gasteiger partial charge is 0.496 e. The summed E-state index contributed by atoms with van der Waals surface area (Å²) in [6.45, 7) is 6.51. The molecule has 10 heteroatoms. The molecule has 0 saturated heterocycles. The van der Waals surface area contributed by atoms with Gasteiger partial charge in [-0.25, -0.2) is 9.59 Å². The third-order valence-corrected chi connectivity index (χ3v) is 5.08. The molecule has 1 aliphatic heterocycles. The van der Waals surface area contributed by atoms with E-state index in [-0.39, 0.29) is 17.9 Å². The topological polar surface area (TPSA) is 131 Å². The zero-order valence-electron chi connectivity index (χ0n) is 20.1. The van der Waals surface area contributed by atoms with Crippen LogP contribution in [0.4, 0.5) is 4.79 Å². The first-order valence-corrected chi connectivity index (χ1v) is 10.9. The molecule has 5 amide bonds. The number of carbonyl (C=O) groups excluding carboxylic acids is 5. The zero-order chi connectivity index (χ0) is 25.9. The molecule has 10 nitrogen and oxygen atoms in total. The number of hydrogen-bond donors (Lipinski definition) is 2. The molecule has 184 valence electrons. The third-order valence-electron chi connectivity index (χ3n) is 5.08. The number of carbonyl (C=O) groups is 5. The Kier molecular flexibility index (Phi) is 7.23. The minimum absolute atomic E-state index is 0.000372. The van der Waals surface area contributed by atoms with Gasteiger partial charge in [0.15, 0.2) is 6.10 Å². The Morgan fingerprint density at radius 1 is 1.00 bits per heavy atom. The summed E-state index contributed by atoms with van der Waals surface area (Å²) in [5, 5.41) is 4.69. The molecule has 1 aliphatic rings. The number of nitrogens with zero attached hydrogens (tertiary/aromatic N) is 1. The quantitative estimate of drug-likeness (QED) is 0.479. The average molecular weight is 482 g/mol. The van der Waals surface area contributed by atoms with Gasteiger partial charge in [-0.2, -0.15) is 0 Å². The Hall–Kier alpha value is -4.21. The van der Waals surface area contributed by atoms with Crippen LogP contribution >= 0.6 is 0 Å². The number of hydrogen-bond acceptors (Lipinski definition) is 7. The van der Waals surface area contributed by atoms with Crippen LogP contribution in [0.1, 0.15) is 64.3 Å². The second kappa shape index (κ2) is 9.96. The average Bonchev–Trinajstić information content (AvgIpc) is 3.02. The lowest BCUT2D eigenvalue weighted by molar-refractivity contribution is -0.127. The molecule has 0 aromatic heterocycles. The standard InChI is InChI=1S/C25H27N3O7/c1-14(20(29)26-24(33)27-25(2,3)4)35-23(32)18-12-15(10-11-19(18)34-5)13-28-21(30)16-8-6-7-9-17(16)22(28)31/h6-12,14H,13H2,1-5H3,(H2,26,27,29,33)/t14-/m1/s1.